The van der Waals surface area contributed by atoms with Crippen molar-refractivity contribution in [1.82, 2.24) is 15.0 Å². The topological polar surface area (TPSA) is 70.7 Å². The average molecular weight is 450 g/mol. The van der Waals surface area contributed by atoms with Gasteiger partial charge in [0, 0.05) is 28.4 Å². The van der Waals surface area contributed by atoms with Gasteiger partial charge in [0.15, 0.2) is 5.65 Å². The van der Waals surface area contributed by atoms with E-state index in [0.29, 0.717) is 39.0 Å². The highest BCUT2D eigenvalue weighted by atomic mass is 35.5. The van der Waals surface area contributed by atoms with E-state index in [2.05, 4.69) is 20.3 Å². The van der Waals surface area contributed by atoms with Gasteiger partial charge >= 0.3 is 0 Å². The molecule has 0 atom stereocenters. The van der Waals surface area contributed by atoms with Crippen molar-refractivity contribution < 1.29 is 9.18 Å². The molecule has 0 saturated heterocycles. The highest BCUT2D eigenvalue weighted by Crippen LogP contribution is 2.27. The largest absolute Gasteiger partial charge is 0.340 e. The molecule has 0 fully saturated rings. The van der Waals surface area contributed by atoms with Crippen LogP contribution in [0.3, 0.4) is 0 Å². The molecule has 0 saturated carbocycles. The second kappa shape index (κ2) is 7.99. The number of halogens is 4. The minimum Gasteiger partial charge on any atom is -0.340 e. The number of anilines is 1. The van der Waals surface area contributed by atoms with Crippen LogP contribution in [0, 0.1) is 5.82 Å². The molecule has 2 N–H and O–H groups in total. The number of hydrogen-bond donors (Lipinski definition) is 2. The van der Waals surface area contributed by atoms with Gasteiger partial charge in [0.1, 0.15) is 11.6 Å². The number of fused-ring (bicyclic) bond motifs is 1. The van der Waals surface area contributed by atoms with Crippen molar-refractivity contribution >= 4 is 57.6 Å². The molecule has 0 radical (unpaired) electrons. The molecule has 146 valence electrons. The van der Waals surface area contributed by atoms with E-state index in [9.17, 15) is 9.18 Å². The van der Waals surface area contributed by atoms with Crippen LogP contribution in [0.2, 0.25) is 15.1 Å². The van der Waals surface area contributed by atoms with Gasteiger partial charge in [0.05, 0.1) is 16.1 Å². The van der Waals surface area contributed by atoms with Crippen LogP contribution in [0.1, 0.15) is 21.7 Å². The van der Waals surface area contributed by atoms with E-state index in [0.717, 1.165) is 11.6 Å². The van der Waals surface area contributed by atoms with E-state index in [1.165, 1.54) is 18.3 Å². The summed E-state index contributed by atoms with van der Waals surface area (Å²) in [6.07, 6.45) is 1.79. The number of nitrogens with one attached hydrogen (secondary N) is 2. The summed E-state index contributed by atoms with van der Waals surface area (Å²) < 4.78 is 13.6. The first kappa shape index (κ1) is 19.6. The van der Waals surface area contributed by atoms with Crippen molar-refractivity contribution in [3.8, 4) is 0 Å². The van der Waals surface area contributed by atoms with Gasteiger partial charge in [-0.25, -0.2) is 14.4 Å². The van der Waals surface area contributed by atoms with Gasteiger partial charge in [-0.15, -0.1) is 0 Å². The molecule has 0 spiro atoms. The first-order valence-corrected chi connectivity index (χ1v) is 9.58. The number of carbonyl (C=O) groups is 1. The molecule has 2 aromatic heterocycles. The quantitative estimate of drug-likeness (QED) is 0.407. The lowest BCUT2D eigenvalue weighted by atomic mass is 10.1. The molecule has 2 heterocycles. The third kappa shape index (κ3) is 4.19. The normalized spacial score (nSPS) is 11.0. The van der Waals surface area contributed by atoms with Gasteiger partial charge in [0.2, 0.25) is 0 Å². The first-order chi connectivity index (χ1) is 13.9. The van der Waals surface area contributed by atoms with E-state index in [1.54, 1.807) is 24.3 Å². The summed E-state index contributed by atoms with van der Waals surface area (Å²) in [5, 5.41) is 3.67. The number of rotatable bonds is 4. The Hall–Kier alpha value is -2.67. The summed E-state index contributed by atoms with van der Waals surface area (Å²) in [5.74, 6) is -0.444. The van der Waals surface area contributed by atoms with Crippen molar-refractivity contribution in [3.05, 3.63) is 86.5 Å². The fraction of sp³-hybridized carbons (Fsp3) is 0.0500. The number of carbonyl (C=O) groups excluding carboxylic acids is 1. The molecule has 2 aromatic carbocycles. The molecule has 29 heavy (non-hydrogen) atoms. The number of hydrogen-bond acceptors (Lipinski definition) is 3. The van der Waals surface area contributed by atoms with Crippen LogP contribution >= 0.6 is 34.8 Å². The Balaban J connectivity index is 1.58. The Kier molecular flexibility index (Phi) is 5.41. The van der Waals surface area contributed by atoms with Crippen LogP contribution in [0.4, 0.5) is 10.1 Å². The number of aromatic nitrogens is 3. The Bertz CT molecular complexity index is 1220. The van der Waals surface area contributed by atoms with E-state index < -0.39 is 11.7 Å². The third-order valence-electron chi connectivity index (χ3n) is 4.23. The smallest absolute Gasteiger partial charge is 0.257 e. The standard InChI is InChI=1S/C20H12Cl3FN4O/c21-13-2-1-3-14(22)12(13)8-18-27-17-6-10(9-25-19(17)28-18)20(29)26-11-4-5-15(23)16(24)7-11/h1-7,9H,8H2,(H,26,29)(H,25,27,28). The minimum atomic E-state index is -0.616. The van der Waals surface area contributed by atoms with E-state index in [1.807, 2.05) is 0 Å². The average Bonchev–Trinajstić information content (AvgIpc) is 3.09. The predicted octanol–water partition coefficient (Wildman–Crippen LogP) is 5.90. The fourth-order valence-electron chi connectivity index (χ4n) is 2.80. The maximum absolute atomic E-state index is 13.6. The first-order valence-electron chi connectivity index (χ1n) is 8.44. The lowest BCUT2D eigenvalue weighted by Gasteiger charge is -2.05. The number of aromatic amines is 1. The number of nitrogens with zero attached hydrogens (tertiary/aromatic N) is 2. The molecular formula is C20H12Cl3FN4O. The zero-order valence-corrected chi connectivity index (χ0v) is 16.9. The van der Waals surface area contributed by atoms with Gasteiger partial charge in [-0.1, -0.05) is 40.9 Å². The summed E-state index contributed by atoms with van der Waals surface area (Å²) >= 11 is 18.1. The predicted molar refractivity (Wildman–Crippen MR) is 113 cm³/mol. The summed E-state index contributed by atoms with van der Waals surface area (Å²) in [7, 11) is 0. The lowest BCUT2D eigenvalue weighted by molar-refractivity contribution is 0.102. The highest BCUT2D eigenvalue weighted by Gasteiger charge is 2.13. The molecular weight excluding hydrogens is 438 g/mol. The molecule has 4 rings (SSSR count). The Labute approximate surface area is 179 Å². The molecule has 0 unspecified atom stereocenters. The second-order valence-electron chi connectivity index (χ2n) is 6.24. The Morgan fingerprint density at radius 2 is 1.83 bits per heavy atom. The van der Waals surface area contributed by atoms with Gasteiger partial charge in [-0.05, 0) is 42.0 Å². The molecule has 1 amide bonds. The van der Waals surface area contributed by atoms with Crippen molar-refractivity contribution in [1.29, 1.82) is 0 Å². The number of H-pyrrole nitrogens is 1. The van der Waals surface area contributed by atoms with E-state index >= 15 is 0 Å². The maximum atomic E-state index is 13.6. The van der Waals surface area contributed by atoms with E-state index in [4.69, 9.17) is 34.8 Å². The maximum Gasteiger partial charge on any atom is 0.257 e. The molecule has 0 aliphatic carbocycles. The zero-order valence-electron chi connectivity index (χ0n) is 14.6. The second-order valence-corrected chi connectivity index (χ2v) is 7.46. The SMILES string of the molecule is O=C(Nc1ccc(Cl)c(F)c1)c1cnc2nc(Cc3c(Cl)cccc3Cl)[nH]c2c1. The number of pyridine rings is 1. The summed E-state index contributed by atoms with van der Waals surface area (Å²) in [4.78, 5) is 24.2. The molecule has 0 aliphatic heterocycles. The van der Waals surface area contributed by atoms with Gasteiger partial charge < -0.3 is 10.3 Å². The molecule has 9 heteroatoms. The molecule has 5 nitrogen and oxygen atoms in total. The summed E-state index contributed by atoms with van der Waals surface area (Å²) in [6, 6.07) is 10.9. The Morgan fingerprint density at radius 3 is 2.55 bits per heavy atom. The number of benzene rings is 2. The summed E-state index contributed by atoms with van der Waals surface area (Å²) in [6.45, 7) is 0. The lowest BCUT2D eigenvalue weighted by Crippen LogP contribution is -2.12. The van der Waals surface area contributed by atoms with Crippen molar-refractivity contribution in [2.24, 2.45) is 0 Å². The number of amides is 1. The van der Waals surface area contributed by atoms with E-state index in [-0.39, 0.29) is 10.7 Å². The Morgan fingerprint density at radius 1 is 1.07 bits per heavy atom. The van der Waals surface area contributed by atoms with Crippen LogP contribution in [-0.4, -0.2) is 20.9 Å². The van der Waals surface area contributed by atoms with Crippen molar-refractivity contribution in [2.45, 2.75) is 6.42 Å². The van der Waals surface area contributed by atoms with Crippen molar-refractivity contribution in [3.63, 3.8) is 0 Å². The van der Waals surface area contributed by atoms with Gasteiger partial charge in [-0.3, -0.25) is 4.79 Å². The zero-order chi connectivity index (χ0) is 20.5. The number of imidazole rings is 1. The van der Waals surface area contributed by atoms with Gasteiger partial charge in [0.25, 0.3) is 5.91 Å². The minimum absolute atomic E-state index is 0.0188. The van der Waals surface area contributed by atoms with Crippen molar-refractivity contribution in [2.75, 3.05) is 5.32 Å². The highest BCUT2D eigenvalue weighted by molar-refractivity contribution is 6.36. The van der Waals surface area contributed by atoms with Crippen LogP contribution < -0.4 is 5.32 Å². The third-order valence-corrected chi connectivity index (χ3v) is 5.25. The summed E-state index contributed by atoms with van der Waals surface area (Å²) in [5.41, 5.74) is 2.36. The van der Waals surface area contributed by atoms with Crippen LogP contribution in [-0.2, 0) is 6.42 Å². The molecule has 0 bridgehead atoms. The van der Waals surface area contributed by atoms with Gasteiger partial charge in [-0.2, -0.15) is 0 Å². The molecule has 0 aliphatic rings. The molecule has 4 aromatic rings. The van der Waals surface area contributed by atoms with Crippen LogP contribution in [0.5, 0.6) is 0 Å². The fourth-order valence-corrected chi connectivity index (χ4v) is 3.45. The van der Waals surface area contributed by atoms with Crippen LogP contribution in [0.25, 0.3) is 11.2 Å². The van der Waals surface area contributed by atoms with Crippen LogP contribution in [0.15, 0.2) is 48.7 Å². The monoisotopic (exact) mass is 448 g/mol.